The van der Waals surface area contributed by atoms with E-state index in [0.717, 1.165) is 24.7 Å². The van der Waals surface area contributed by atoms with E-state index in [4.69, 9.17) is 10.5 Å². The van der Waals surface area contributed by atoms with E-state index >= 15 is 0 Å². The molecule has 18 heavy (non-hydrogen) atoms. The van der Waals surface area contributed by atoms with Gasteiger partial charge in [-0.3, -0.25) is 0 Å². The van der Waals surface area contributed by atoms with Crippen molar-refractivity contribution in [3.63, 3.8) is 0 Å². The van der Waals surface area contributed by atoms with E-state index in [-0.39, 0.29) is 4.75 Å². The zero-order valence-corrected chi connectivity index (χ0v) is 12.0. The number of aromatic nitrogens is 2. The first kappa shape index (κ1) is 13.3. The fourth-order valence-electron chi connectivity index (χ4n) is 2.07. The Hall–Kier alpha value is -1.17. The predicted molar refractivity (Wildman–Crippen MR) is 76.4 cm³/mol. The van der Waals surface area contributed by atoms with Gasteiger partial charge in [0.2, 0.25) is 5.88 Å². The maximum absolute atomic E-state index is 6.09. The van der Waals surface area contributed by atoms with Gasteiger partial charge >= 0.3 is 0 Å². The molecule has 5 nitrogen and oxygen atoms in total. The molecular formula is C12H20N4OS. The quantitative estimate of drug-likeness (QED) is 0.901. The van der Waals surface area contributed by atoms with Crippen LogP contribution in [-0.2, 0) is 0 Å². The standard InChI is InChI=1S/C12H20N4OS/c1-4-17-11-9(13)10(14-8-15-11)16-5-6-18-12(2,3)7-16/h8H,4-7,13H2,1-3H3. The molecule has 0 aliphatic carbocycles. The van der Waals surface area contributed by atoms with Gasteiger partial charge in [-0.25, -0.2) is 4.98 Å². The largest absolute Gasteiger partial charge is 0.476 e. The Labute approximate surface area is 112 Å². The van der Waals surface area contributed by atoms with Crippen molar-refractivity contribution in [3.8, 4) is 5.88 Å². The van der Waals surface area contributed by atoms with Crippen molar-refractivity contribution < 1.29 is 4.74 Å². The lowest BCUT2D eigenvalue weighted by atomic mass is 10.2. The van der Waals surface area contributed by atoms with Gasteiger partial charge in [0, 0.05) is 23.6 Å². The number of thioether (sulfide) groups is 1. The number of anilines is 2. The summed E-state index contributed by atoms with van der Waals surface area (Å²) in [5.41, 5.74) is 6.63. The molecule has 6 heteroatoms. The van der Waals surface area contributed by atoms with Crippen LogP contribution in [0.15, 0.2) is 6.33 Å². The van der Waals surface area contributed by atoms with Gasteiger partial charge in [0.05, 0.1) is 6.61 Å². The van der Waals surface area contributed by atoms with Crippen LogP contribution in [-0.4, -0.2) is 40.2 Å². The van der Waals surface area contributed by atoms with Crippen molar-refractivity contribution in [1.82, 2.24) is 9.97 Å². The van der Waals surface area contributed by atoms with Crippen LogP contribution < -0.4 is 15.4 Å². The second kappa shape index (κ2) is 5.22. The Morgan fingerprint density at radius 2 is 2.28 bits per heavy atom. The Bertz CT molecular complexity index is 425. The van der Waals surface area contributed by atoms with Gasteiger partial charge in [-0.15, -0.1) is 0 Å². The van der Waals surface area contributed by atoms with E-state index in [2.05, 4.69) is 28.7 Å². The first-order valence-electron chi connectivity index (χ1n) is 6.15. The molecule has 0 saturated carbocycles. The van der Waals surface area contributed by atoms with Crippen molar-refractivity contribution in [3.05, 3.63) is 6.33 Å². The Kier molecular flexibility index (Phi) is 3.85. The number of rotatable bonds is 3. The molecule has 0 spiro atoms. The van der Waals surface area contributed by atoms with Crippen LogP contribution in [0.5, 0.6) is 5.88 Å². The molecule has 1 aliphatic rings. The van der Waals surface area contributed by atoms with E-state index in [1.807, 2.05) is 18.7 Å². The second-order valence-corrected chi connectivity index (χ2v) is 6.68. The highest BCUT2D eigenvalue weighted by Crippen LogP contribution is 2.35. The maximum atomic E-state index is 6.09. The molecule has 0 aromatic carbocycles. The summed E-state index contributed by atoms with van der Waals surface area (Å²) in [5.74, 6) is 2.36. The molecule has 2 heterocycles. The highest BCUT2D eigenvalue weighted by molar-refractivity contribution is 8.00. The van der Waals surface area contributed by atoms with Crippen molar-refractivity contribution in [2.45, 2.75) is 25.5 Å². The van der Waals surface area contributed by atoms with E-state index in [0.29, 0.717) is 18.2 Å². The van der Waals surface area contributed by atoms with Crippen LogP contribution in [0.1, 0.15) is 20.8 Å². The third-order valence-electron chi connectivity index (χ3n) is 2.83. The van der Waals surface area contributed by atoms with Gasteiger partial charge in [-0.1, -0.05) is 0 Å². The van der Waals surface area contributed by atoms with Crippen LogP contribution in [0.4, 0.5) is 11.5 Å². The lowest BCUT2D eigenvalue weighted by Gasteiger charge is -2.38. The lowest BCUT2D eigenvalue weighted by molar-refractivity contribution is 0.328. The fourth-order valence-corrected chi connectivity index (χ4v) is 3.18. The minimum Gasteiger partial charge on any atom is -0.476 e. The van der Waals surface area contributed by atoms with Crippen molar-refractivity contribution in [2.24, 2.45) is 0 Å². The Balaban J connectivity index is 2.25. The highest BCUT2D eigenvalue weighted by Gasteiger charge is 2.29. The van der Waals surface area contributed by atoms with Crippen molar-refractivity contribution in [2.75, 3.05) is 36.1 Å². The molecule has 1 fully saturated rings. The van der Waals surface area contributed by atoms with Gasteiger partial charge in [-0.2, -0.15) is 16.7 Å². The van der Waals surface area contributed by atoms with Crippen molar-refractivity contribution in [1.29, 1.82) is 0 Å². The number of ether oxygens (including phenoxy) is 1. The van der Waals surface area contributed by atoms with E-state index < -0.39 is 0 Å². The summed E-state index contributed by atoms with van der Waals surface area (Å²) in [6.07, 6.45) is 1.52. The van der Waals surface area contributed by atoms with E-state index in [1.54, 1.807) is 0 Å². The third kappa shape index (κ3) is 2.80. The molecule has 1 aromatic heterocycles. The molecule has 2 N–H and O–H groups in total. The van der Waals surface area contributed by atoms with Gasteiger partial charge in [0.25, 0.3) is 0 Å². The van der Waals surface area contributed by atoms with Crippen LogP contribution in [0, 0.1) is 0 Å². The second-order valence-electron chi connectivity index (χ2n) is 4.88. The molecule has 1 aliphatic heterocycles. The number of hydrogen-bond acceptors (Lipinski definition) is 6. The fraction of sp³-hybridized carbons (Fsp3) is 0.667. The minimum absolute atomic E-state index is 0.224. The highest BCUT2D eigenvalue weighted by atomic mass is 32.2. The molecule has 1 aromatic rings. The molecule has 100 valence electrons. The SMILES string of the molecule is CCOc1ncnc(N2CCSC(C)(C)C2)c1N. The zero-order chi connectivity index (χ0) is 13.2. The summed E-state index contributed by atoms with van der Waals surface area (Å²) in [4.78, 5) is 10.6. The van der Waals surface area contributed by atoms with Gasteiger partial charge in [-0.05, 0) is 20.8 Å². The van der Waals surface area contributed by atoms with Crippen molar-refractivity contribution >= 4 is 23.3 Å². The van der Waals surface area contributed by atoms with Crippen LogP contribution in [0.2, 0.25) is 0 Å². The molecule has 2 rings (SSSR count). The van der Waals surface area contributed by atoms with Gasteiger partial charge in [0.15, 0.2) is 5.82 Å². The number of nitrogens with two attached hydrogens (primary N) is 1. The first-order chi connectivity index (χ1) is 8.53. The summed E-state index contributed by atoms with van der Waals surface area (Å²) in [5, 5.41) is 0. The summed E-state index contributed by atoms with van der Waals surface area (Å²) in [6, 6.07) is 0. The summed E-state index contributed by atoms with van der Waals surface area (Å²) in [7, 11) is 0. The van der Waals surface area contributed by atoms with E-state index in [9.17, 15) is 0 Å². The lowest BCUT2D eigenvalue weighted by Crippen LogP contribution is -2.43. The molecule has 0 amide bonds. The molecule has 0 radical (unpaired) electrons. The topological polar surface area (TPSA) is 64.3 Å². The predicted octanol–water partition coefficient (Wildman–Crippen LogP) is 1.79. The maximum Gasteiger partial charge on any atom is 0.242 e. The van der Waals surface area contributed by atoms with Gasteiger partial charge < -0.3 is 15.4 Å². The molecule has 1 saturated heterocycles. The van der Waals surface area contributed by atoms with Crippen LogP contribution in [0.3, 0.4) is 0 Å². The zero-order valence-electron chi connectivity index (χ0n) is 11.1. The number of nitrogens with zero attached hydrogens (tertiary/aromatic N) is 3. The normalized spacial score (nSPS) is 18.7. The van der Waals surface area contributed by atoms with Gasteiger partial charge in [0.1, 0.15) is 12.0 Å². The molecule has 0 atom stereocenters. The third-order valence-corrected chi connectivity index (χ3v) is 4.13. The average Bonchev–Trinajstić information content (AvgIpc) is 2.31. The molecule has 0 bridgehead atoms. The average molecular weight is 268 g/mol. The summed E-state index contributed by atoms with van der Waals surface area (Å²) in [6.45, 7) is 8.85. The molecular weight excluding hydrogens is 248 g/mol. The number of nitrogen functional groups attached to an aromatic ring is 1. The Morgan fingerprint density at radius 1 is 1.50 bits per heavy atom. The Morgan fingerprint density at radius 3 is 2.94 bits per heavy atom. The summed E-state index contributed by atoms with van der Waals surface area (Å²) >= 11 is 1.98. The first-order valence-corrected chi connectivity index (χ1v) is 7.14. The minimum atomic E-state index is 0.224. The van der Waals surface area contributed by atoms with E-state index in [1.165, 1.54) is 6.33 Å². The summed E-state index contributed by atoms with van der Waals surface area (Å²) < 4.78 is 5.64. The number of hydrogen-bond donors (Lipinski definition) is 1. The molecule has 0 unspecified atom stereocenters. The monoisotopic (exact) mass is 268 g/mol. The van der Waals surface area contributed by atoms with Crippen LogP contribution in [0.25, 0.3) is 0 Å². The van der Waals surface area contributed by atoms with Crippen LogP contribution >= 0.6 is 11.8 Å². The smallest absolute Gasteiger partial charge is 0.242 e.